The molecule has 1 aliphatic rings. The van der Waals surface area contributed by atoms with Gasteiger partial charge < -0.3 is 20.1 Å². The first-order valence-corrected chi connectivity index (χ1v) is 6.81. The molecule has 0 radical (unpaired) electrons. The first-order chi connectivity index (χ1) is 9.60. The van der Waals surface area contributed by atoms with E-state index >= 15 is 0 Å². The molecule has 0 aromatic carbocycles. The Labute approximate surface area is 118 Å². The summed E-state index contributed by atoms with van der Waals surface area (Å²) in [6.45, 7) is 1.57. The molecule has 0 aliphatic heterocycles. The first kappa shape index (κ1) is 14.8. The fraction of sp³-hybridized carbons (Fsp3) is 0.692. The maximum atomic E-state index is 12.0. The third-order valence-corrected chi connectivity index (χ3v) is 3.38. The standard InChI is InChI=1S/C13H22N4O3/c1-16(9-12(18)10-3-4-10)13(19)15-11-7-14-17(8-11)5-6-20-2/h7-8,10,12,18H,3-6,9H2,1-2H3,(H,15,19)/t12-/m1/s1. The lowest BCUT2D eigenvalue weighted by atomic mass is 10.2. The van der Waals surface area contributed by atoms with Crippen molar-refractivity contribution >= 4 is 11.7 Å². The minimum Gasteiger partial charge on any atom is -0.391 e. The highest BCUT2D eigenvalue weighted by Gasteiger charge is 2.31. The van der Waals surface area contributed by atoms with Gasteiger partial charge in [-0.1, -0.05) is 0 Å². The minimum atomic E-state index is -0.421. The second-order valence-electron chi connectivity index (χ2n) is 5.20. The molecule has 1 aromatic heterocycles. The maximum Gasteiger partial charge on any atom is 0.321 e. The quantitative estimate of drug-likeness (QED) is 0.774. The van der Waals surface area contributed by atoms with E-state index in [-0.39, 0.29) is 6.03 Å². The predicted octanol–water partition coefficient (Wildman–Crippen LogP) is 0.764. The number of anilines is 1. The number of carbonyl (C=O) groups is 1. The summed E-state index contributed by atoms with van der Waals surface area (Å²) < 4.78 is 6.67. The van der Waals surface area contributed by atoms with Crippen LogP contribution in [0.15, 0.2) is 12.4 Å². The van der Waals surface area contributed by atoms with Crippen LogP contribution in [-0.4, -0.2) is 59.2 Å². The van der Waals surface area contributed by atoms with E-state index in [0.29, 0.717) is 31.3 Å². The summed E-state index contributed by atoms with van der Waals surface area (Å²) in [7, 11) is 3.31. The van der Waals surface area contributed by atoms with Crippen LogP contribution in [0.3, 0.4) is 0 Å². The molecular formula is C13H22N4O3. The van der Waals surface area contributed by atoms with Gasteiger partial charge in [0, 0.05) is 26.9 Å². The van der Waals surface area contributed by atoms with Gasteiger partial charge >= 0.3 is 6.03 Å². The Kier molecular flexibility index (Phi) is 4.97. The minimum absolute atomic E-state index is 0.240. The lowest BCUT2D eigenvalue weighted by Crippen LogP contribution is -2.37. The van der Waals surface area contributed by atoms with Crippen LogP contribution in [0.25, 0.3) is 0 Å². The summed E-state index contributed by atoms with van der Waals surface area (Å²) in [5.74, 6) is 0.363. The Bertz CT molecular complexity index is 445. The number of rotatable bonds is 7. The zero-order chi connectivity index (χ0) is 14.5. The summed E-state index contributed by atoms with van der Waals surface area (Å²) in [6, 6.07) is -0.240. The molecule has 1 saturated carbocycles. The molecule has 0 unspecified atom stereocenters. The van der Waals surface area contributed by atoms with E-state index in [1.165, 1.54) is 4.90 Å². The Balaban J connectivity index is 1.78. The second kappa shape index (κ2) is 6.71. The number of aliphatic hydroxyl groups excluding tert-OH is 1. The molecule has 112 valence electrons. The molecule has 1 aliphatic carbocycles. The van der Waals surface area contributed by atoms with Crippen molar-refractivity contribution < 1.29 is 14.6 Å². The zero-order valence-electron chi connectivity index (χ0n) is 12.0. The number of nitrogens with zero attached hydrogens (tertiary/aromatic N) is 3. The van der Waals surface area contributed by atoms with Gasteiger partial charge in [0.25, 0.3) is 0 Å². The SMILES string of the molecule is COCCn1cc(NC(=O)N(C)C[C@@H](O)C2CC2)cn1. The highest BCUT2D eigenvalue weighted by Crippen LogP contribution is 2.32. The van der Waals surface area contributed by atoms with E-state index in [0.717, 1.165) is 12.8 Å². The normalized spacial score (nSPS) is 15.9. The summed E-state index contributed by atoms with van der Waals surface area (Å²) >= 11 is 0. The van der Waals surface area contributed by atoms with Crippen molar-refractivity contribution in [1.82, 2.24) is 14.7 Å². The van der Waals surface area contributed by atoms with E-state index < -0.39 is 6.10 Å². The summed E-state index contributed by atoms with van der Waals surface area (Å²) in [5, 5.41) is 16.7. The Morgan fingerprint density at radius 1 is 1.70 bits per heavy atom. The number of hydrogen-bond donors (Lipinski definition) is 2. The molecule has 2 amide bonds. The van der Waals surface area contributed by atoms with Crippen LogP contribution in [-0.2, 0) is 11.3 Å². The van der Waals surface area contributed by atoms with E-state index in [2.05, 4.69) is 10.4 Å². The Hall–Kier alpha value is -1.60. The van der Waals surface area contributed by atoms with Crippen LogP contribution < -0.4 is 5.32 Å². The van der Waals surface area contributed by atoms with Crippen molar-refractivity contribution in [2.45, 2.75) is 25.5 Å². The van der Waals surface area contributed by atoms with Gasteiger partial charge in [0.15, 0.2) is 0 Å². The molecule has 2 rings (SSSR count). The number of aliphatic hydroxyl groups is 1. The predicted molar refractivity (Wildman–Crippen MR) is 74.5 cm³/mol. The number of carbonyl (C=O) groups excluding carboxylic acids is 1. The fourth-order valence-corrected chi connectivity index (χ4v) is 1.95. The van der Waals surface area contributed by atoms with Crippen LogP contribution in [0.5, 0.6) is 0 Å². The number of ether oxygens (including phenoxy) is 1. The molecular weight excluding hydrogens is 260 g/mol. The van der Waals surface area contributed by atoms with Gasteiger partial charge in [-0.3, -0.25) is 4.68 Å². The molecule has 0 spiro atoms. The van der Waals surface area contributed by atoms with E-state index in [1.54, 1.807) is 31.2 Å². The molecule has 1 aromatic rings. The molecule has 2 N–H and O–H groups in total. The number of hydrogen-bond acceptors (Lipinski definition) is 4. The smallest absolute Gasteiger partial charge is 0.321 e. The van der Waals surface area contributed by atoms with Crippen molar-refractivity contribution in [2.24, 2.45) is 5.92 Å². The molecule has 0 bridgehead atoms. The van der Waals surface area contributed by atoms with Gasteiger partial charge in [-0.25, -0.2) is 4.79 Å². The van der Waals surface area contributed by atoms with Crippen molar-refractivity contribution in [2.75, 3.05) is 32.6 Å². The van der Waals surface area contributed by atoms with Crippen LogP contribution in [0.4, 0.5) is 10.5 Å². The lowest BCUT2D eigenvalue weighted by molar-refractivity contribution is 0.117. The van der Waals surface area contributed by atoms with Crippen molar-refractivity contribution in [3.05, 3.63) is 12.4 Å². The fourth-order valence-electron chi connectivity index (χ4n) is 1.95. The van der Waals surface area contributed by atoms with Gasteiger partial charge in [0.05, 0.1) is 31.1 Å². The highest BCUT2D eigenvalue weighted by molar-refractivity contribution is 5.88. The molecule has 20 heavy (non-hydrogen) atoms. The molecule has 0 saturated heterocycles. The first-order valence-electron chi connectivity index (χ1n) is 6.81. The van der Waals surface area contributed by atoms with Crippen LogP contribution >= 0.6 is 0 Å². The zero-order valence-corrected chi connectivity index (χ0v) is 12.0. The van der Waals surface area contributed by atoms with E-state index in [1.807, 2.05) is 0 Å². The van der Waals surface area contributed by atoms with Crippen molar-refractivity contribution in [1.29, 1.82) is 0 Å². The largest absolute Gasteiger partial charge is 0.391 e. The number of amides is 2. The van der Waals surface area contributed by atoms with Gasteiger partial charge in [-0.15, -0.1) is 0 Å². The third kappa shape index (κ3) is 4.21. The van der Waals surface area contributed by atoms with Gasteiger partial charge in [0.1, 0.15) is 0 Å². The summed E-state index contributed by atoms with van der Waals surface area (Å²) in [4.78, 5) is 13.5. The molecule has 1 fully saturated rings. The van der Waals surface area contributed by atoms with Gasteiger partial charge in [-0.2, -0.15) is 5.10 Å². The number of methoxy groups -OCH3 is 1. The monoisotopic (exact) mass is 282 g/mol. The second-order valence-corrected chi connectivity index (χ2v) is 5.20. The van der Waals surface area contributed by atoms with Crippen LogP contribution in [0.1, 0.15) is 12.8 Å². The van der Waals surface area contributed by atoms with Crippen LogP contribution in [0.2, 0.25) is 0 Å². The average Bonchev–Trinajstić information content (AvgIpc) is 3.18. The summed E-state index contributed by atoms with van der Waals surface area (Å²) in [5.41, 5.74) is 0.638. The molecule has 7 heteroatoms. The van der Waals surface area contributed by atoms with E-state index in [9.17, 15) is 9.90 Å². The average molecular weight is 282 g/mol. The Morgan fingerprint density at radius 2 is 2.45 bits per heavy atom. The maximum absolute atomic E-state index is 12.0. The van der Waals surface area contributed by atoms with E-state index in [4.69, 9.17) is 4.74 Å². The molecule has 1 heterocycles. The third-order valence-electron chi connectivity index (χ3n) is 3.38. The lowest BCUT2D eigenvalue weighted by Gasteiger charge is -2.20. The van der Waals surface area contributed by atoms with Gasteiger partial charge in [-0.05, 0) is 18.8 Å². The number of aromatic nitrogens is 2. The highest BCUT2D eigenvalue weighted by atomic mass is 16.5. The molecule has 1 atom stereocenters. The van der Waals surface area contributed by atoms with Crippen LogP contribution in [0, 0.1) is 5.92 Å². The molecule has 7 nitrogen and oxygen atoms in total. The van der Waals surface area contributed by atoms with Crippen molar-refractivity contribution in [3.63, 3.8) is 0 Å². The number of urea groups is 1. The number of nitrogens with one attached hydrogen (secondary N) is 1. The van der Waals surface area contributed by atoms with Crippen molar-refractivity contribution in [3.8, 4) is 0 Å². The number of likely N-dealkylation sites (N-methyl/N-ethyl adjacent to an activating group) is 1. The van der Waals surface area contributed by atoms with Gasteiger partial charge in [0.2, 0.25) is 0 Å². The Morgan fingerprint density at radius 3 is 3.10 bits per heavy atom. The summed E-state index contributed by atoms with van der Waals surface area (Å²) in [6.07, 6.45) is 5.04. The topological polar surface area (TPSA) is 79.6 Å².